The molecule has 0 aromatic heterocycles. The van der Waals surface area contributed by atoms with Gasteiger partial charge in [-0.1, -0.05) is 6.07 Å². The fraction of sp³-hybridized carbons (Fsp3) is 0.500. The van der Waals surface area contributed by atoms with Crippen molar-refractivity contribution in [2.45, 2.75) is 25.8 Å². The van der Waals surface area contributed by atoms with Gasteiger partial charge in [0.15, 0.2) is 0 Å². The molecular formula is C14H18FNO3. The third-order valence-electron chi connectivity index (χ3n) is 3.78. The maximum absolute atomic E-state index is 13.8. The van der Waals surface area contributed by atoms with Crippen LogP contribution in [0, 0.1) is 11.7 Å². The number of piperidine rings is 1. The van der Waals surface area contributed by atoms with Gasteiger partial charge in [0.05, 0.1) is 5.92 Å². The lowest BCUT2D eigenvalue weighted by molar-refractivity contribution is -0.143. The van der Waals surface area contributed by atoms with E-state index < -0.39 is 11.8 Å². The Labute approximate surface area is 111 Å². The largest absolute Gasteiger partial charge is 0.508 e. The van der Waals surface area contributed by atoms with Crippen LogP contribution in [0.1, 0.15) is 31.4 Å². The molecule has 0 saturated carbocycles. The normalized spacial score (nSPS) is 22.1. The maximum atomic E-state index is 13.8. The van der Waals surface area contributed by atoms with Gasteiger partial charge in [-0.15, -0.1) is 0 Å². The Kier molecular flexibility index (Phi) is 4.04. The number of hydrogen-bond donors (Lipinski definition) is 2. The summed E-state index contributed by atoms with van der Waals surface area (Å²) in [5.41, 5.74) is 0.490. The predicted molar refractivity (Wildman–Crippen MR) is 68.4 cm³/mol. The van der Waals surface area contributed by atoms with Gasteiger partial charge in [0.1, 0.15) is 11.6 Å². The summed E-state index contributed by atoms with van der Waals surface area (Å²) in [6.07, 6.45) is 1.48. The first-order chi connectivity index (χ1) is 8.99. The zero-order chi connectivity index (χ0) is 14.0. The highest BCUT2D eigenvalue weighted by Crippen LogP contribution is 2.29. The Bertz CT molecular complexity index is 478. The van der Waals surface area contributed by atoms with Crippen molar-refractivity contribution in [3.8, 4) is 5.75 Å². The average molecular weight is 267 g/mol. The number of hydrogen-bond acceptors (Lipinski definition) is 3. The Morgan fingerprint density at radius 2 is 2.26 bits per heavy atom. The lowest BCUT2D eigenvalue weighted by Crippen LogP contribution is -2.40. The molecule has 2 N–H and O–H groups in total. The monoisotopic (exact) mass is 267 g/mol. The van der Waals surface area contributed by atoms with Crippen molar-refractivity contribution in [3.63, 3.8) is 0 Å². The summed E-state index contributed by atoms with van der Waals surface area (Å²) < 4.78 is 13.8. The molecule has 0 amide bonds. The van der Waals surface area contributed by atoms with Crippen LogP contribution in [-0.2, 0) is 4.79 Å². The number of phenolic OH excluding ortho intramolecular Hbond substituents is 1. The van der Waals surface area contributed by atoms with E-state index in [4.69, 9.17) is 5.11 Å². The second kappa shape index (κ2) is 5.57. The molecule has 1 aliphatic heterocycles. The number of aromatic hydroxyl groups is 1. The first-order valence-electron chi connectivity index (χ1n) is 6.44. The molecule has 0 bridgehead atoms. The van der Waals surface area contributed by atoms with E-state index in [1.165, 1.54) is 6.07 Å². The van der Waals surface area contributed by atoms with Crippen LogP contribution in [-0.4, -0.2) is 34.2 Å². The molecule has 104 valence electrons. The van der Waals surface area contributed by atoms with Crippen molar-refractivity contribution in [2.75, 3.05) is 13.1 Å². The van der Waals surface area contributed by atoms with Crippen molar-refractivity contribution in [3.05, 3.63) is 29.6 Å². The number of halogens is 1. The SMILES string of the molecule is CC(c1ccc(O)cc1F)N1CCCC(C(=O)O)C1. The van der Waals surface area contributed by atoms with Crippen LogP contribution in [0.4, 0.5) is 4.39 Å². The van der Waals surface area contributed by atoms with E-state index in [1.807, 2.05) is 11.8 Å². The van der Waals surface area contributed by atoms with Crippen LogP contribution in [0.5, 0.6) is 5.75 Å². The standard InChI is InChI=1S/C14H18FNO3/c1-9(12-5-4-11(17)7-13(12)15)16-6-2-3-10(8-16)14(18)19/h4-5,7,9-10,17H,2-3,6,8H2,1H3,(H,18,19). The number of carbonyl (C=O) groups is 1. The molecule has 4 nitrogen and oxygen atoms in total. The van der Waals surface area contributed by atoms with Gasteiger partial charge in [-0.3, -0.25) is 9.69 Å². The molecule has 1 saturated heterocycles. The third-order valence-corrected chi connectivity index (χ3v) is 3.78. The van der Waals surface area contributed by atoms with E-state index >= 15 is 0 Å². The average Bonchev–Trinajstić information content (AvgIpc) is 2.38. The second-order valence-electron chi connectivity index (χ2n) is 5.05. The number of aliphatic carboxylic acids is 1. The number of carboxylic acid groups (broad SMARTS) is 1. The van der Waals surface area contributed by atoms with Crippen LogP contribution in [0.25, 0.3) is 0 Å². The molecule has 5 heteroatoms. The van der Waals surface area contributed by atoms with Crippen LogP contribution in [0.2, 0.25) is 0 Å². The van der Waals surface area contributed by atoms with Crippen molar-refractivity contribution >= 4 is 5.97 Å². The number of benzene rings is 1. The highest BCUT2D eigenvalue weighted by atomic mass is 19.1. The van der Waals surface area contributed by atoms with Gasteiger partial charge in [-0.05, 0) is 32.4 Å². The van der Waals surface area contributed by atoms with E-state index in [9.17, 15) is 14.3 Å². The Balaban J connectivity index is 2.14. The van der Waals surface area contributed by atoms with Gasteiger partial charge < -0.3 is 10.2 Å². The quantitative estimate of drug-likeness (QED) is 0.882. The molecular weight excluding hydrogens is 249 g/mol. The molecule has 0 spiro atoms. The fourth-order valence-corrected chi connectivity index (χ4v) is 2.61. The van der Waals surface area contributed by atoms with Crippen molar-refractivity contribution < 1.29 is 19.4 Å². The lowest BCUT2D eigenvalue weighted by atomic mass is 9.95. The summed E-state index contributed by atoms with van der Waals surface area (Å²) in [7, 11) is 0. The number of nitrogens with zero attached hydrogens (tertiary/aromatic N) is 1. The Hall–Kier alpha value is -1.62. The van der Waals surface area contributed by atoms with E-state index in [1.54, 1.807) is 6.07 Å². The number of likely N-dealkylation sites (tertiary alicyclic amines) is 1. The van der Waals surface area contributed by atoms with Gasteiger partial charge in [-0.25, -0.2) is 4.39 Å². The topological polar surface area (TPSA) is 60.8 Å². The summed E-state index contributed by atoms with van der Waals surface area (Å²) in [4.78, 5) is 13.0. The molecule has 1 aliphatic rings. The first kappa shape index (κ1) is 13.8. The summed E-state index contributed by atoms with van der Waals surface area (Å²) in [5.74, 6) is -1.72. The van der Waals surface area contributed by atoms with Crippen LogP contribution in [0.3, 0.4) is 0 Å². The molecule has 2 unspecified atom stereocenters. The molecule has 0 aliphatic carbocycles. The third kappa shape index (κ3) is 3.04. The van der Waals surface area contributed by atoms with Gasteiger partial charge in [-0.2, -0.15) is 0 Å². The second-order valence-corrected chi connectivity index (χ2v) is 5.05. The van der Waals surface area contributed by atoms with Crippen molar-refractivity contribution in [1.29, 1.82) is 0 Å². The Morgan fingerprint density at radius 1 is 1.53 bits per heavy atom. The summed E-state index contributed by atoms with van der Waals surface area (Å²) in [5, 5.41) is 18.3. The van der Waals surface area contributed by atoms with E-state index in [0.717, 1.165) is 19.0 Å². The molecule has 0 radical (unpaired) electrons. The summed E-state index contributed by atoms with van der Waals surface area (Å²) in [6.45, 7) is 3.07. The summed E-state index contributed by atoms with van der Waals surface area (Å²) in [6, 6.07) is 3.90. The number of phenols is 1. The summed E-state index contributed by atoms with van der Waals surface area (Å²) >= 11 is 0. The minimum Gasteiger partial charge on any atom is -0.508 e. The van der Waals surface area contributed by atoms with Gasteiger partial charge in [0, 0.05) is 24.2 Å². The molecule has 19 heavy (non-hydrogen) atoms. The van der Waals surface area contributed by atoms with Crippen molar-refractivity contribution in [1.82, 2.24) is 4.90 Å². The molecule has 1 aromatic carbocycles. The maximum Gasteiger partial charge on any atom is 0.307 e. The first-order valence-corrected chi connectivity index (χ1v) is 6.44. The smallest absolute Gasteiger partial charge is 0.307 e. The van der Waals surface area contributed by atoms with E-state index in [2.05, 4.69) is 0 Å². The Morgan fingerprint density at radius 3 is 2.89 bits per heavy atom. The number of rotatable bonds is 3. The number of carboxylic acids is 1. The molecule has 2 rings (SSSR count). The minimum atomic E-state index is -0.789. The molecule has 2 atom stereocenters. The predicted octanol–water partition coefficient (Wildman–Crippen LogP) is 2.39. The lowest BCUT2D eigenvalue weighted by Gasteiger charge is -2.35. The molecule has 1 fully saturated rings. The molecule has 1 aromatic rings. The van der Waals surface area contributed by atoms with Crippen LogP contribution in [0.15, 0.2) is 18.2 Å². The van der Waals surface area contributed by atoms with Gasteiger partial charge in [0.2, 0.25) is 0 Å². The zero-order valence-corrected chi connectivity index (χ0v) is 10.8. The fourth-order valence-electron chi connectivity index (χ4n) is 2.61. The van der Waals surface area contributed by atoms with E-state index in [0.29, 0.717) is 18.5 Å². The van der Waals surface area contributed by atoms with Crippen LogP contribution >= 0.6 is 0 Å². The zero-order valence-electron chi connectivity index (χ0n) is 10.8. The molecule has 1 heterocycles. The van der Waals surface area contributed by atoms with Gasteiger partial charge >= 0.3 is 5.97 Å². The minimum absolute atomic E-state index is 0.101. The van der Waals surface area contributed by atoms with Crippen molar-refractivity contribution in [2.24, 2.45) is 5.92 Å². The van der Waals surface area contributed by atoms with Gasteiger partial charge in [0.25, 0.3) is 0 Å². The van der Waals surface area contributed by atoms with E-state index in [-0.39, 0.29) is 17.7 Å². The highest BCUT2D eigenvalue weighted by Gasteiger charge is 2.29. The highest BCUT2D eigenvalue weighted by molar-refractivity contribution is 5.70. The van der Waals surface area contributed by atoms with Crippen LogP contribution < -0.4 is 0 Å².